The van der Waals surface area contributed by atoms with Gasteiger partial charge in [0.1, 0.15) is 0 Å². The molecule has 36 heavy (non-hydrogen) atoms. The summed E-state index contributed by atoms with van der Waals surface area (Å²) in [5.74, 6) is -0.0740. The van der Waals surface area contributed by atoms with Crippen molar-refractivity contribution in [1.82, 2.24) is 4.90 Å². The summed E-state index contributed by atoms with van der Waals surface area (Å²) in [6, 6.07) is 10.2. The average Bonchev–Trinajstić information content (AvgIpc) is 2.87. The Hall–Kier alpha value is -3.29. The van der Waals surface area contributed by atoms with Crippen LogP contribution in [0.2, 0.25) is 0 Å². The van der Waals surface area contributed by atoms with Crippen molar-refractivity contribution in [3.05, 3.63) is 78.6 Å². The van der Waals surface area contributed by atoms with Gasteiger partial charge in [-0.3, -0.25) is 9.79 Å². The van der Waals surface area contributed by atoms with Crippen LogP contribution in [0.5, 0.6) is 0 Å². The van der Waals surface area contributed by atoms with Crippen molar-refractivity contribution < 1.29 is 15.0 Å². The summed E-state index contributed by atoms with van der Waals surface area (Å²) in [6.45, 7) is 10.6. The summed E-state index contributed by atoms with van der Waals surface area (Å²) in [4.78, 5) is 26.6. The molecule has 0 bridgehead atoms. The van der Waals surface area contributed by atoms with Crippen LogP contribution in [0.4, 0.5) is 5.69 Å². The third-order valence-corrected chi connectivity index (χ3v) is 5.86. The number of para-hydroxylation sites is 1. The Morgan fingerprint density at radius 3 is 2.58 bits per heavy atom. The number of benzene rings is 1. The molecule has 194 valence electrons. The Kier molecular flexibility index (Phi) is 12.6. The predicted octanol–water partition coefficient (Wildman–Crippen LogP) is 4.31. The van der Waals surface area contributed by atoms with E-state index in [9.17, 15) is 4.79 Å². The largest absolute Gasteiger partial charge is 0.370 e. The molecule has 0 radical (unpaired) electrons. The molecule has 0 spiro atoms. The number of hydrogen-bond donors (Lipinski definition) is 2. The van der Waals surface area contributed by atoms with Crippen LogP contribution < -0.4 is 4.90 Å². The van der Waals surface area contributed by atoms with E-state index >= 15 is 0 Å². The van der Waals surface area contributed by atoms with Gasteiger partial charge in [0.25, 0.3) is 5.91 Å². The molecular weight excluding hydrogens is 452 g/mol. The summed E-state index contributed by atoms with van der Waals surface area (Å²) < 4.78 is 0. The van der Waals surface area contributed by atoms with Crippen LogP contribution >= 0.6 is 0 Å². The molecule has 0 aliphatic carbocycles. The summed E-state index contributed by atoms with van der Waals surface area (Å²) >= 11 is 0. The van der Waals surface area contributed by atoms with Gasteiger partial charge < -0.3 is 20.0 Å². The first-order valence-electron chi connectivity index (χ1n) is 12.6. The molecule has 1 aliphatic rings. The quantitative estimate of drug-likeness (QED) is 0.336. The molecule has 0 aromatic heterocycles. The number of carbonyl (C=O) groups excluding carboxylic acids is 1. The SMILES string of the molecule is C=C1/C=C\C(C(=O)N(C)CCN(CC)c2ccccc2)=C/CN=C(CCCCC(O)O)C(/C=C/C)=N1. The van der Waals surface area contributed by atoms with Crippen molar-refractivity contribution in [1.29, 1.82) is 0 Å². The molecule has 2 rings (SSSR count). The monoisotopic (exact) mass is 492 g/mol. The second-order valence-corrected chi connectivity index (χ2v) is 8.64. The maximum absolute atomic E-state index is 13.2. The molecule has 2 N–H and O–H groups in total. The number of allylic oxidation sites excluding steroid dienone is 3. The summed E-state index contributed by atoms with van der Waals surface area (Å²) in [5, 5.41) is 18.2. The van der Waals surface area contributed by atoms with Crippen molar-refractivity contribution in [2.24, 2.45) is 9.98 Å². The van der Waals surface area contributed by atoms with Gasteiger partial charge in [-0.05, 0) is 69.9 Å². The highest BCUT2D eigenvalue weighted by atomic mass is 16.5. The van der Waals surface area contributed by atoms with E-state index in [-0.39, 0.29) is 5.91 Å². The lowest BCUT2D eigenvalue weighted by atomic mass is 10.1. The minimum atomic E-state index is -1.30. The number of likely N-dealkylation sites (N-methyl/N-ethyl adjacent to an activating group) is 2. The first kappa shape index (κ1) is 28.9. The van der Waals surface area contributed by atoms with Crippen molar-refractivity contribution in [2.75, 3.05) is 38.1 Å². The molecule has 7 heteroatoms. The van der Waals surface area contributed by atoms with Gasteiger partial charge >= 0.3 is 0 Å². The van der Waals surface area contributed by atoms with Gasteiger partial charge in [-0.1, -0.05) is 36.9 Å². The second-order valence-electron chi connectivity index (χ2n) is 8.64. The molecule has 0 atom stereocenters. The molecule has 0 saturated carbocycles. The van der Waals surface area contributed by atoms with Gasteiger partial charge in [0.2, 0.25) is 0 Å². The first-order chi connectivity index (χ1) is 17.3. The minimum Gasteiger partial charge on any atom is -0.370 e. The highest BCUT2D eigenvalue weighted by molar-refractivity contribution is 6.46. The Labute approximate surface area is 215 Å². The highest BCUT2D eigenvalue weighted by Crippen LogP contribution is 2.14. The van der Waals surface area contributed by atoms with Gasteiger partial charge in [0, 0.05) is 37.9 Å². The molecule has 1 heterocycles. The number of aliphatic imine (C=N–C) groups is 2. The summed E-state index contributed by atoms with van der Waals surface area (Å²) in [5.41, 5.74) is 3.77. The number of amides is 1. The van der Waals surface area contributed by atoms with Gasteiger partial charge in [0.05, 0.1) is 23.7 Å². The van der Waals surface area contributed by atoms with Crippen molar-refractivity contribution in [2.45, 2.75) is 45.8 Å². The topological polar surface area (TPSA) is 88.7 Å². The Morgan fingerprint density at radius 1 is 1.17 bits per heavy atom. The van der Waals surface area contributed by atoms with Gasteiger partial charge in [-0.25, -0.2) is 4.99 Å². The van der Waals surface area contributed by atoms with E-state index in [1.807, 2.05) is 50.4 Å². The lowest BCUT2D eigenvalue weighted by Gasteiger charge is -2.26. The van der Waals surface area contributed by atoms with Gasteiger partial charge in [0.15, 0.2) is 6.29 Å². The minimum absolute atomic E-state index is 0.0740. The van der Waals surface area contributed by atoms with Gasteiger partial charge in [-0.2, -0.15) is 0 Å². The maximum atomic E-state index is 13.2. The number of unbranched alkanes of at least 4 members (excludes halogenated alkanes) is 1. The van der Waals surface area contributed by atoms with E-state index in [4.69, 9.17) is 15.2 Å². The van der Waals surface area contributed by atoms with E-state index in [1.165, 1.54) is 0 Å². The lowest BCUT2D eigenvalue weighted by Crippen LogP contribution is -2.37. The van der Waals surface area contributed by atoms with Gasteiger partial charge in [-0.15, -0.1) is 0 Å². The van der Waals surface area contributed by atoms with Crippen molar-refractivity contribution in [3.8, 4) is 0 Å². The fraction of sp³-hybridized carbons (Fsp3) is 0.414. The fourth-order valence-corrected chi connectivity index (χ4v) is 3.82. The molecule has 7 nitrogen and oxygen atoms in total. The van der Waals surface area contributed by atoms with Crippen molar-refractivity contribution in [3.63, 3.8) is 0 Å². The smallest absolute Gasteiger partial charge is 0.253 e. The second kappa shape index (κ2) is 15.7. The fourth-order valence-electron chi connectivity index (χ4n) is 3.82. The number of aliphatic hydroxyl groups excluding tert-OH is 1. The third kappa shape index (κ3) is 9.76. The van der Waals surface area contributed by atoms with Crippen molar-refractivity contribution >= 4 is 23.0 Å². The summed E-state index contributed by atoms with van der Waals surface area (Å²) in [6.07, 6.45) is 10.3. The van der Waals surface area contributed by atoms with Crippen LogP contribution in [-0.2, 0) is 4.79 Å². The number of carbonyl (C=O) groups is 1. The number of aliphatic hydroxyl groups is 2. The lowest BCUT2D eigenvalue weighted by molar-refractivity contribution is -0.125. The van der Waals surface area contributed by atoms with E-state index in [1.54, 1.807) is 17.1 Å². The third-order valence-electron chi connectivity index (χ3n) is 5.86. The Bertz CT molecular complexity index is 1010. The zero-order chi connectivity index (χ0) is 26.3. The summed E-state index contributed by atoms with van der Waals surface area (Å²) in [7, 11) is 1.82. The zero-order valence-corrected chi connectivity index (χ0v) is 21.8. The van der Waals surface area contributed by atoms with Crippen LogP contribution in [0.1, 0.15) is 39.5 Å². The maximum Gasteiger partial charge on any atom is 0.253 e. The van der Waals surface area contributed by atoms with E-state index in [0.29, 0.717) is 43.6 Å². The molecule has 1 aliphatic heterocycles. The van der Waals surface area contributed by atoms with E-state index in [2.05, 4.69) is 35.5 Å². The average molecular weight is 493 g/mol. The number of nitrogens with zero attached hydrogens (tertiary/aromatic N) is 4. The number of anilines is 1. The number of rotatable bonds is 12. The Balaban J connectivity index is 2.13. The standard InChI is InChI=1S/C29H40N4O3/c1-5-12-27-26(15-10-11-16-28(34)35)30-20-19-24(18-17-23(3)31-27)29(36)32(4)21-22-33(6-2)25-13-8-7-9-14-25/h5,7-9,12-14,17-19,28,34-35H,3,6,10-11,15-16,20-22H2,1-2,4H3/b12-5+,18-17-,24-19+,30-26?,31-27?. The molecular formula is C29H40N4O3. The molecule has 0 unspecified atom stereocenters. The predicted molar refractivity (Wildman–Crippen MR) is 150 cm³/mol. The normalized spacial score (nSPS) is 16.8. The highest BCUT2D eigenvalue weighted by Gasteiger charge is 2.15. The molecule has 1 aromatic carbocycles. The van der Waals surface area contributed by atoms with Crippen LogP contribution in [0.15, 0.2) is 88.5 Å². The van der Waals surface area contributed by atoms with Crippen LogP contribution in [0.3, 0.4) is 0 Å². The van der Waals surface area contributed by atoms with Crippen LogP contribution in [-0.4, -0.2) is 72.0 Å². The molecule has 0 fully saturated rings. The van der Waals surface area contributed by atoms with E-state index < -0.39 is 6.29 Å². The van der Waals surface area contributed by atoms with Crippen LogP contribution in [0, 0.1) is 0 Å². The molecule has 1 amide bonds. The molecule has 1 aromatic rings. The Morgan fingerprint density at radius 2 is 1.92 bits per heavy atom. The van der Waals surface area contributed by atoms with Crippen LogP contribution in [0.25, 0.3) is 0 Å². The zero-order valence-electron chi connectivity index (χ0n) is 21.8. The van der Waals surface area contributed by atoms with E-state index in [0.717, 1.165) is 36.6 Å². The molecule has 0 saturated heterocycles. The first-order valence-corrected chi connectivity index (χ1v) is 12.6. The number of hydrogen-bond acceptors (Lipinski definition) is 6.